The zero-order valence-electron chi connectivity index (χ0n) is 24.4. The van der Waals surface area contributed by atoms with Crippen molar-refractivity contribution in [2.24, 2.45) is 0 Å². The highest BCUT2D eigenvalue weighted by molar-refractivity contribution is 5.88. The molecule has 0 fully saturated rings. The second kappa shape index (κ2) is 13.1. The van der Waals surface area contributed by atoms with Crippen LogP contribution in [0.5, 0.6) is 5.75 Å². The van der Waals surface area contributed by atoms with Crippen LogP contribution in [0.1, 0.15) is 93.3 Å². The number of rotatable bonds is 12. The Bertz CT molecular complexity index is 1500. The normalized spacial score (nSPS) is 15.3. The van der Waals surface area contributed by atoms with Crippen molar-refractivity contribution in [3.8, 4) is 17.1 Å². The number of methoxy groups -OCH3 is 1. The van der Waals surface area contributed by atoms with Crippen LogP contribution >= 0.6 is 0 Å². The first kappa shape index (κ1) is 29.8. The zero-order chi connectivity index (χ0) is 29.7. The minimum absolute atomic E-state index is 0.0227. The van der Waals surface area contributed by atoms with Crippen molar-refractivity contribution in [1.29, 1.82) is 0 Å². The van der Waals surface area contributed by atoms with Crippen molar-refractivity contribution in [1.82, 2.24) is 9.88 Å². The van der Waals surface area contributed by atoms with E-state index >= 15 is 0 Å². The van der Waals surface area contributed by atoms with Gasteiger partial charge in [0.05, 0.1) is 18.4 Å². The lowest BCUT2D eigenvalue weighted by atomic mass is 9.95. The molecule has 0 bridgehead atoms. The molecule has 8 heteroatoms. The van der Waals surface area contributed by atoms with Gasteiger partial charge >= 0.3 is 6.18 Å². The van der Waals surface area contributed by atoms with Gasteiger partial charge in [-0.15, -0.1) is 0 Å². The van der Waals surface area contributed by atoms with Gasteiger partial charge in [-0.3, -0.25) is 4.79 Å². The van der Waals surface area contributed by atoms with E-state index in [2.05, 4.69) is 11.9 Å². The van der Waals surface area contributed by atoms with E-state index in [1.807, 2.05) is 23.1 Å². The molecule has 3 heterocycles. The SMILES string of the molecule is CCCCCCCCCCC(=O)N1CCc2c([nH]c3ccc(OC)cc23)[C@@H]1c1ccc(-c2ccccc2C(F)(F)F)o1. The number of alkyl halides is 3. The Hall–Kier alpha value is -3.68. The molecule has 5 rings (SSSR count). The van der Waals surface area contributed by atoms with E-state index < -0.39 is 17.8 Å². The van der Waals surface area contributed by atoms with Gasteiger partial charge < -0.3 is 19.0 Å². The smallest absolute Gasteiger partial charge is 0.417 e. The van der Waals surface area contributed by atoms with Crippen molar-refractivity contribution in [3.63, 3.8) is 0 Å². The Morgan fingerprint density at radius 1 is 1.00 bits per heavy atom. The lowest BCUT2D eigenvalue weighted by Crippen LogP contribution is -2.40. The van der Waals surface area contributed by atoms with Gasteiger partial charge in [0.2, 0.25) is 5.91 Å². The first-order chi connectivity index (χ1) is 20.3. The first-order valence-corrected chi connectivity index (χ1v) is 15.1. The highest BCUT2D eigenvalue weighted by Crippen LogP contribution is 2.43. The summed E-state index contributed by atoms with van der Waals surface area (Å²) in [5, 5.41) is 1.01. The summed E-state index contributed by atoms with van der Waals surface area (Å²) in [6.07, 6.45) is 5.70. The fraction of sp³-hybridized carbons (Fsp3) is 0.441. The Morgan fingerprint density at radius 3 is 2.48 bits per heavy atom. The van der Waals surface area contributed by atoms with E-state index in [0.717, 1.165) is 53.2 Å². The van der Waals surface area contributed by atoms with Crippen molar-refractivity contribution in [2.75, 3.05) is 13.7 Å². The van der Waals surface area contributed by atoms with E-state index in [0.29, 0.717) is 25.1 Å². The topological polar surface area (TPSA) is 58.5 Å². The van der Waals surface area contributed by atoms with Gasteiger partial charge in [-0.2, -0.15) is 13.2 Å². The van der Waals surface area contributed by atoms with Crippen molar-refractivity contribution in [3.05, 3.63) is 77.2 Å². The fourth-order valence-corrected chi connectivity index (χ4v) is 6.10. The second-order valence-corrected chi connectivity index (χ2v) is 11.1. The summed E-state index contributed by atoms with van der Waals surface area (Å²) in [5.41, 5.74) is 2.04. The molecular formula is C34H39F3N2O3. The van der Waals surface area contributed by atoms with Gasteiger partial charge in [0.15, 0.2) is 0 Å². The van der Waals surface area contributed by atoms with E-state index in [1.54, 1.807) is 25.3 Å². The van der Waals surface area contributed by atoms with E-state index in [-0.39, 0.29) is 17.2 Å². The molecule has 1 aliphatic heterocycles. The number of hydrogen-bond donors (Lipinski definition) is 1. The summed E-state index contributed by atoms with van der Waals surface area (Å²) in [6.45, 7) is 2.70. The van der Waals surface area contributed by atoms with Crippen molar-refractivity contribution in [2.45, 2.75) is 83.4 Å². The van der Waals surface area contributed by atoms with E-state index in [9.17, 15) is 18.0 Å². The monoisotopic (exact) mass is 580 g/mol. The number of aromatic nitrogens is 1. The standard InChI is InChI=1S/C34H39F3N2O3/c1-3-4-5-6-7-8-9-10-15-31(40)39-21-20-24-26-22-23(41-2)16-17-28(26)38-32(24)33(39)30-19-18-29(42-30)25-13-11-12-14-27(25)34(35,36)37/h11-14,16-19,22,33,38H,3-10,15,20-21H2,1-2H3/t33-/m0/s1. The quantitative estimate of drug-likeness (QED) is 0.170. The third-order valence-corrected chi connectivity index (χ3v) is 8.29. The van der Waals surface area contributed by atoms with Crippen LogP contribution < -0.4 is 4.74 Å². The summed E-state index contributed by atoms with van der Waals surface area (Å²) in [6, 6.07) is 13.9. The molecule has 42 heavy (non-hydrogen) atoms. The number of fused-ring (bicyclic) bond motifs is 3. The van der Waals surface area contributed by atoms with E-state index in [4.69, 9.17) is 9.15 Å². The fourth-order valence-electron chi connectivity index (χ4n) is 6.10. The summed E-state index contributed by atoms with van der Waals surface area (Å²) in [4.78, 5) is 19.0. The maximum Gasteiger partial charge on any atom is 0.417 e. The first-order valence-electron chi connectivity index (χ1n) is 15.1. The summed E-state index contributed by atoms with van der Waals surface area (Å²) in [5.74, 6) is 1.32. The average molecular weight is 581 g/mol. The number of aromatic amines is 1. The van der Waals surface area contributed by atoms with Gasteiger partial charge in [-0.1, -0.05) is 70.1 Å². The number of halogens is 3. The number of amides is 1. The van der Waals surface area contributed by atoms with Gasteiger partial charge in [0.1, 0.15) is 23.3 Å². The molecule has 2 aromatic carbocycles. The van der Waals surface area contributed by atoms with Crippen LogP contribution in [0.2, 0.25) is 0 Å². The van der Waals surface area contributed by atoms with Crippen LogP contribution in [0.4, 0.5) is 13.2 Å². The molecule has 1 N–H and O–H groups in total. The van der Waals surface area contributed by atoms with Gasteiger partial charge in [-0.05, 0) is 54.8 Å². The predicted octanol–water partition coefficient (Wildman–Crippen LogP) is 9.46. The van der Waals surface area contributed by atoms with E-state index in [1.165, 1.54) is 44.2 Å². The number of carbonyl (C=O) groups is 1. The van der Waals surface area contributed by atoms with Crippen LogP contribution in [0, 0.1) is 0 Å². The number of furan rings is 1. The van der Waals surface area contributed by atoms with Gasteiger partial charge in [0, 0.05) is 29.4 Å². The number of ether oxygens (including phenoxy) is 1. The third kappa shape index (κ3) is 6.37. The molecule has 0 unspecified atom stereocenters. The average Bonchev–Trinajstić information content (AvgIpc) is 3.62. The molecule has 0 saturated carbocycles. The lowest BCUT2D eigenvalue weighted by molar-refractivity contribution is -0.137. The van der Waals surface area contributed by atoms with Crippen LogP contribution in [0.25, 0.3) is 22.2 Å². The molecule has 1 amide bonds. The third-order valence-electron chi connectivity index (χ3n) is 8.29. The number of hydrogen-bond acceptors (Lipinski definition) is 3. The zero-order valence-corrected chi connectivity index (χ0v) is 24.4. The molecular weight excluding hydrogens is 541 g/mol. The molecule has 0 spiro atoms. The molecule has 0 saturated heterocycles. The summed E-state index contributed by atoms with van der Waals surface area (Å²) >= 11 is 0. The highest BCUT2D eigenvalue weighted by Gasteiger charge is 2.38. The Morgan fingerprint density at radius 2 is 1.74 bits per heavy atom. The Balaban J connectivity index is 1.43. The Kier molecular flexibility index (Phi) is 9.29. The number of H-pyrrole nitrogens is 1. The maximum absolute atomic E-state index is 13.8. The Labute approximate surface area is 245 Å². The molecule has 0 radical (unpaired) electrons. The molecule has 1 atom stereocenters. The summed E-state index contributed by atoms with van der Waals surface area (Å²) in [7, 11) is 1.62. The number of nitrogens with zero attached hydrogens (tertiary/aromatic N) is 1. The number of unbranched alkanes of at least 4 members (excludes halogenated alkanes) is 7. The molecule has 0 aliphatic carbocycles. The molecule has 1 aliphatic rings. The number of carbonyl (C=O) groups excluding carboxylic acids is 1. The minimum Gasteiger partial charge on any atom is -0.497 e. The maximum atomic E-state index is 13.8. The van der Waals surface area contributed by atoms with Crippen LogP contribution in [0.15, 0.2) is 59.0 Å². The van der Waals surface area contributed by atoms with Crippen LogP contribution in [-0.4, -0.2) is 29.4 Å². The van der Waals surface area contributed by atoms with Crippen molar-refractivity contribution >= 4 is 16.8 Å². The molecule has 224 valence electrons. The van der Waals surface area contributed by atoms with Gasteiger partial charge in [0.25, 0.3) is 0 Å². The predicted molar refractivity (Wildman–Crippen MR) is 158 cm³/mol. The summed E-state index contributed by atoms with van der Waals surface area (Å²) < 4.78 is 53.0. The van der Waals surface area contributed by atoms with Crippen LogP contribution in [-0.2, 0) is 17.4 Å². The number of benzene rings is 2. The van der Waals surface area contributed by atoms with Crippen molar-refractivity contribution < 1.29 is 27.1 Å². The largest absolute Gasteiger partial charge is 0.497 e. The number of nitrogens with one attached hydrogen (secondary N) is 1. The highest BCUT2D eigenvalue weighted by atomic mass is 19.4. The molecule has 4 aromatic rings. The molecule has 2 aromatic heterocycles. The lowest BCUT2D eigenvalue weighted by Gasteiger charge is -2.35. The second-order valence-electron chi connectivity index (χ2n) is 11.1. The minimum atomic E-state index is -4.52. The van der Waals surface area contributed by atoms with Crippen LogP contribution in [0.3, 0.4) is 0 Å². The molecule has 5 nitrogen and oxygen atoms in total. The van der Waals surface area contributed by atoms with Gasteiger partial charge in [-0.25, -0.2) is 0 Å².